The molecule has 0 aliphatic carbocycles. The molecule has 0 fully saturated rings. The molecule has 0 unspecified atom stereocenters. The van der Waals surface area contributed by atoms with Gasteiger partial charge in [-0.1, -0.05) is 0 Å². The van der Waals surface area contributed by atoms with E-state index in [-0.39, 0.29) is 128 Å². The van der Waals surface area contributed by atoms with E-state index in [0.717, 1.165) is 0 Å². The van der Waals surface area contributed by atoms with Crippen LogP contribution < -0.4 is 135 Å². The standard InChI is InChI=1S/3C6H8O7.3H2N.3Na.W/c3*7-3(8)1-6(13,5(11)12)2-4(9)10;;;;;;;/h3*13H,1-2H2,(H,7,8)(H,9,10)(H,11,12);3*1H2;;;;/q;;;3*-1;3*+1;/p-9. The summed E-state index contributed by atoms with van der Waals surface area (Å²) in [5.74, 6) is -18.0. The van der Waals surface area contributed by atoms with E-state index in [4.69, 9.17) is 15.3 Å². The molecule has 0 amide bonds. The smallest absolute Gasteiger partial charge is 0.693 e. The van der Waals surface area contributed by atoms with E-state index in [1.165, 1.54) is 0 Å². The molecule has 252 valence electrons. The minimum absolute atomic E-state index is 0. The monoisotopic (exact) mass is 868 g/mol. The van der Waals surface area contributed by atoms with Gasteiger partial charge in [0.25, 0.3) is 0 Å². The quantitative estimate of drug-likeness (QED) is 0.129. The summed E-state index contributed by atoms with van der Waals surface area (Å²) in [6.07, 6.45) is -8.15. The molecule has 0 aromatic heterocycles. The van der Waals surface area contributed by atoms with Crippen LogP contribution in [0.15, 0.2) is 0 Å². The van der Waals surface area contributed by atoms with E-state index in [9.17, 15) is 89.1 Å². The van der Waals surface area contributed by atoms with Crippen LogP contribution >= 0.6 is 0 Å². The molecule has 0 atom stereocenters. The average molecular weight is 868 g/mol. The maximum absolute atomic E-state index is 10.1. The minimum Gasteiger partial charge on any atom is -0.693 e. The number of carbonyl (C=O) groups excluding carboxylic acids is 9. The molecular weight excluding hydrogens is 847 g/mol. The van der Waals surface area contributed by atoms with Crippen molar-refractivity contribution in [2.24, 2.45) is 0 Å². The van der Waals surface area contributed by atoms with Crippen LogP contribution in [-0.4, -0.2) is 85.8 Å². The Bertz CT molecular complexity index is 844. The van der Waals surface area contributed by atoms with Gasteiger partial charge in [-0.3, -0.25) is 0 Å². The number of carboxylic acid groups (broad SMARTS) is 9. The first-order valence-corrected chi connectivity index (χ1v) is 9.34. The Labute approximate surface area is 338 Å². The Balaban J connectivity index is -0.0000000491. The summed E-state index contributed by atoms with van der Waals surface area (Å²) in [5.41, 5.74) is -8.92. The second-order valence-electron chi connectivity index (χ2n) is 7.25. The van der Waals surface area contributed by atoms with Crippen molar-refractivity contribution >= 4 is 53.7 Å². The van der Waals surface area contributed by atoms with Gasteiger partial charge in [-0.25, -0.2) is 0 Å². The summed E-state index contributed by atoms with van der Waals surface area (Å²) < 4.78 is 0. The number of nitrogens with two attached hydrogens (primary N) is 3. The van der Waals surface area contributed by atoms with E-state index in [2.05, 4.69) is 0 Å². The van der Waals surface area contributed by atoms with Gasteiger partial charge in [0.1, 0.15) is 16.8 Å². The number of aliphatic hydroxyl groups is 3. The van der Waals surface area contributed by atoms with Crippen molar-refractivity contribution in [1.82, 2.24) is 0 Å². The van der Waals surface area contributed by atoms with Gasteiger partial charge in [0.15, 0.2) is 0 Å². The molecular formula is C18H21N3Na3O21W-9. The van der Waals surface area contributed by atoms with Crippen molar-refractivity contribution in [3.05, 3.63) is 18.5 Å². The van der Waals surface area contributed by atoms with E-state index in [0.29, 0.717) is 0 Å². The molecule has 9 N–H and O–H groups in total. The number of carbonyl (C=O) groups is 9. The number of rotatable bonds is 15. The predicted molar refractivity (Wildman–Crippen MR) is 103 cm³/mol. The van der Waals surface area contributed by atoms with Gasteiger partial charge < -0.3 is 123 Å². The minimum atomic E-state index is -2.97. The first-order chi connectivity index (χ1) is 17.3. The van der Waals surface area contributed by atoms with Crippen molar-refractivity contribution in [3.63, 3.8) is 0 Å². The molecule has 0 spiro atoms. The molecule has 0 rings (SSSR count). The summed E-state index contributed by atoms with van der Waals surface area (Å²) >= 11 is 0. The zero-order valence-corrected chi connectivity index (χ0v) is 33.0. The third-order valence-electron chi connectivity index (χ3n) is 3.76. The number of hydrogen-bond acceptors (Lipinski definition) is 21. The molecule has 0 saturated carbocycles. The van der Waals surface area contributed by atoms with Crippen LogP contribution in [0.3, 0.4) is 0 Å². The van der Waals surface area contributed by atoms with Gasteiger partial charge in [-0.2, -0.15) is 0 Å². The van der Waals surface area contributed by atoms with E-state index < -0.39 is 109 Å². The topological polar surface area (TPSA) is 522 Å². The van der Waals surface area contributed by atoms with Gasteiger partial charge in [-0.15, -0.1) is 0 Å². The second kappa shape index (κ2) is 32.2. The molecule has 0 aromatic rings. The summed E-state index contributed by atoms with van der Waals surface area (Å²) in [7, 11) is 0. The van der Waals surface area contributed by atoms with Crippen molar-refractivity contribution < 1.29 is 214 Å². The Morgan fingerprint density at radius 2 is 0.435 bits per heavy atom. The Morgan fingerprint density at radius 3 is 0.478 bits per heavy atom. The molecule has 0 heterocycles. The zero-order valence-electron chi connectivity index (χ0n) is 24.1. The van der Waals surface area contributed by atoms with Crippen LogP contribution in [0.25, 0.3) is 18.5 Å². The molecule has 0 saturated heterocycles. The maximum Gasteiger partial charge on any atom is 1.00 e. The largest absolute Gasteiger partial charge is 1.00 e. The Morgan fingerprint density at radius 1 is 0.348 bits per heavy atom. The fourth-order valence-electron chi connectivity index (χ4n) is 2.05. The fourth-order valence-corrected chi connectivity index (χ4v) is 2.05. The molecule has 0 aromatic carbocycles. The van der Waals surface area contributed by atoms with Gasteiger partial charge in [-0.05, 0) is 0 Å². The molecule has 24 nitrogen and oxygen atoms in total. The summed E-state index contributed by atoms with van der Waals surface area (Å²) in [6, 6.07) is 0. The van der Waals surface area contributed by atoms with Crippen LogP contribution in [-0.2, 0) is 64.2 Å². The molecule has 0 aliphatic rings. The van der Waals surface area contributed by atoms with Gasteiger partial charge in [0.05, 0.1) is 17.9 Å². The zero-order chi connectivity index (χ0) is 31.9. The van der Waals surface area contributed by atoms with Crippen LogP contribution in [0.2, 0.25) is 0 Å². The SMILES string of the molecule is O=C([O-])CC(O)(CC(=O)[O-])C(=O)[O-].O=C([O-])CC(O)(CC(=O)[O-])C(=O)[O-].O=C([O-])CC(O)(CC(=O)[O-])C(=O)[O-].[NH2-].[NH2-].[NH2-].[Na+].[Na+].[Na+].[W]. The number of hydrogen-bond donors (Lipinski definition) is 3. The van der Waals surface area contributed by atoms with E-state index >= 15 is 0 Å². The van der Waals surface area contributed by atoms with E-state index in [1.807, 2.05) is 0 Å². The molecule has 0 aliphatic heterocycles. The van der Waals surface area contributed by atoms with Crippen LogP contribution in [0.4, 0.5) is 0 Å². The first-order valence-electron chi connectivity index (χ1n) is 9.34. The molecule has 0 bridgehead atoms. The van der Waals surface area contributed by atoms with Crippen molar-refractivity contribution in [2.45, 2.75) is 55.3 Å². The van der Waals surface area contributed by atoms with Crippen molar-refractivity contribution in [3.8, 4) is 0 Å². The Hall–Kier alpha value is -1.32. The number of aliphatic carboxylic acids is 9. The van der Waals surface area contributed by atoms with Crippen LogP contribution in [0.5, 0.6) is 0 Å². The van der Waals surface area contributed by atoms with Crippen LogP contribution in [0.1, 0.15) is 38.5 Å². The summed E-state index contributed by atoms with van der Waals surface area (Å²) in [5, 5.41) is 117. The second-order valence-corrected chi connectivity index (χ2v) is 7.25. The third-order valence-corrected chi connectivity index (χ3v) is 3.76. The summed E-state index contributed by atoms with van der Waals surface area (Å²) in [4.78, 5) is 90.0. The fraction of sp³-hybridized carbons (Fsp3) is 0.500. The van der Waals surface area contributed by atoms with Crippen molar-refractivity contribution in [2.75, 3.05) is 0 Å². The molecule has 46 heavy (non-hydrogen) atoms. The first kappa shape index (κ1) is 70.9. The van der Waals surface area contributed by atoms with Gasteiger partial charge in [0, 0.05) is 95.4 Å². The maximum atomic E-state index is 10.1. The summed E-state index contributed by atoms with van der Waals surface area (Å²) in [6.45, 7) is 0. The average Bonchev–Trinajstić information content (AvgIpc) is 2.64. The van der Waals surface area contributed by atoms with Gasteiger partial charge in [0.2, 0.25) is 0 Å². The Kier molecular flexibility index (Phi) is 49.7. The molecule has 0 radical (unpaired) electrons. The van der Waals surface area contributed by atoms with E-state index in [1.54, 1.807) is 0 Å². The van der Waals surface area contributed by atoms with Crippen LogP contribution in [0, 0.1) is 0 Å². The number of carboxylic acids is 9. The molecule has 28 heteroatoms. The predicted octanol–water partition coefficient (Wildman–Crippen LogP) is -22.6. The normalized spacial score (nSPS) is 9.20. The third kappa shape index (κ3) is 34.0. The van der Waals surface area contributed by atoms with Gasteiger partial charge >= 0.3 is 88.7 Å². The van der Waals surface area contributed by atoms with Crippen molar-refractivity contribution in [1.29, 1.82) is 0 Å².